The molecular formula is C16H14Cl2N2O3. The van der Waals surface area contributed by atoms with Crippen molar-refractivity contribution in [3.63, 3.8) is 0 Å². The molecule has 3 rings (SSSR count). The van der Waals surface area contributed by atoms with Gasteiger partial charge in [-0.25, -0.2) is 0 Å². The van der Waals surface area contributed by atoms with Gasteiger partial charge in [0.25, 0.3) is 5.88 Å². The first kappa shape index (κ1) is 15.9. The molecule has 0 bridgehead atoms. The Morgan fingerprint density at radius 2 is 1.70 bits per heavy atom. The summed E-state index contributed by atoms with van der Waals surface area (Å²) in [7, 11) is 0. The summed E-state index contributed by atoms with van der Waals surface area (Å²) >= 11 is 11.8. The van der Waals surface area contributed by atoms with Crippen LogP contribution < -0.4 is 15.2 Å². The van der Waals surface area contributed by atoms with E-state index in [9.17, 15) is 0 Å². The lowest BCUT2D eigenvalue weighted by Gasteiger charge is -2.13. The van der Waals surface area contributed by atoms with Crippen LogP contribution in [0.25, 0.3) is 11.0 Å². The number of ether oxygens (including phenoxy) is 2. The van der Waals surface area contributed by atoms with Crippen LogP contribution in [-0.4, -0.2) is 24.4 Å². The largest absolute Gasteiger partial charge is 0.492 e. The third-order valence-corrected chi connectivity index (χ3v) is 3.60. The fourth-order valence-electron chi connectivity index (χ4n) is 1.96. The summed E-state index contributed by atoms with van der Waals surface area (Å²) in [4.78, 5) is 0. The molecule has 23 heavy (non-hydrogen) atoms. The smallest absolute Gasteiger partial charge is 0.262 e. The maximum Gasteiger partial charge on any atom is 0.262 e. The van der Waals surface area contributed by atoms with Crippen LogP contribution in [0.2, 0.25) is 10.0 Å². The van der Waals surface area contributed by atoms with E-state index in [0.717, 1.165) is 0 Å². The molecule has 0 spiro atoms. The Hall–Kier alpha value is -1.95. The van der Waals surface area contributed by atoms with E-state index in [2.05, 4.69) is 5.16 Å². The van der Waals surface area contributed by atoms with Gasteiger partial charge >= 0.3 is 0 Å². The highest BCUT2D eigenvalue weighted by molar-refractivity contribution is 6.31. The first-order chi connectivity index (χ1) is 11.1. The van der Waals surface area contributed by atoms with Crippen LogP contribution in [0.1, 0.15) is 0 Å². The minimum Gasteiger partial charge on any atom is -0.492 e. The lowest BCUT2D eigenvalue weighted by atomic mass is 10.2. The van der Waals surface area contributed by atoms with Crippen LogP contribution in [0, 0.1) is 0 Å². The molecule has 0 aliphatic carbocycles. The van der Waals surface area contributed by atoms with Crippen molar-refractivity contribution in [2.45, 2.75) is 6.04 Å². The fourth-order valence-corrected chi connectivity index (χ4v) is 2.26. The number of halogens is 2. The number of fused-ring (bicyclic) bond motifs is 1. The molecule has 120 valence electrons. The molecule has 0 fully saturated rings. The summed E-state index contributed by atoms with van der Waals surface area (Å²) in [5, 5.41) is 5.82. The zero-order valence-corrected chi connectivity index (χ0v) is 13.6. The van der Waals surface area contributed by atoms with Gasteiger partial charge in [-0.2, -0.15) is 0 Å². The highest BCUT2D eigenvalue weighted by Gasteiger charge is 2.12. The van der Waals surface area contributed by atoms with Crippen molar-refractivity contribution in [3.8, 4) is 11.6 Å². The number of aromatic nitrogens is 1. The highest BCUT2D eigenvalue weighted by atomic mass is 35.5. The molecule has 2 aromatic carbocycles. The third kappa shape index (κ3) is 4.07. The van der Waals surface area contributed by atoms with Gasteiger partial charge in [-0.05, 0) is 47.6 Å². The Morgan fingerprint density at radius 1 is 1.00 bits per heavy atom. The molecule has 1 unspecified atom stereocenters. The average molecular weight is 353 g/mol. The minimum atomic E-state index is -0.323. The lowest BCUT2D eigenvalue weighted by Crippen LogP contribution is -2.34. The molecule has 7 heteroatoms. The minimum absolute atomic E-state index is 0.238. The van der Waals surface area contributed by atoms with Crippen molar-refractivity contribution in [2.75, 3.05) is 13.2 Å². The van der Waals surface area contributed by atoms with E-state index in [-0.39, 0.29) is 12.6 Å². The molecule has 5 nitrogen and oxygen atoms in total. The van der Waals surface area contributed by atoms with E-state index < -0.39 is 0 Å². The van der Waals surface area contributed by atoms with E-state index in [0.29, 0.717) is 39.3 Å². The van der Waals surface area contributed by atoms with Crippen LogP contribution in [-0.2, 0) is 0 Å². The Labute approximate surface area is 142 Å². The Bertz CT molecular complexity index is 790. The van der Waals surface area contributed by atoms with E-state index in [4.69, 9.17) is 42.9 Å². The van der Waals surface area contributed by atoms with Crippen LogP contribution in [0.15, 0.2) is 47.0 Å². The number of nitrogens with zero attached hydrogens (tertiary/aromatic N) is 1. The van der Waals surface area contributed by atoms with Crippen molar-refractivity contribution >= 4 is 34.2 Å². The molecule has 0 saturated carbocycles. The molecule has 1 heterocycles. The second kappa shape index (κ2) is 7.08. The van der Waals surface area contributed by atoms with E-state index in [1.807, 2.05) is 0 Å². The van der Waals surface area contributed by atoms with E-state index >= 15 is 0 Å². The number of benzene rings is 2. The van der Waals surface area contributed by atoms with Gasteiger partial charge in [-0.1, -0.05) is 23.2 Å². The molecule has 0 aliphatic rings. The van der Waals surface area contributed by atoms with Crippen LogP contribution in [0.5, 0.6) is 11.6 Å². The molecule has 2 N–H and O–H groups in total. The standard InChI is InChI=1S/C16H14Cl2N2O3/c17-10-1-4-13(5-2-10)21-8-12(19)9-22-16-14-7-11(18)3-6-15(14)23-20-16/h1-7,12H,8-9,19H2. The predicted molar refractivity (Wildman–Crippen MR) is 89.4 cm³/mol. The second-order valence-electron chi connectivity index (χ2n) is 4.96. The van der Waals surface area contributed by atoms with Gasteiger partial charge in [0.05, 0.1) is 11.4 Å². The van der Waals surface area contributed by atoms with Crippen molar-refractivity contribution in [1.82, 2.24) is 5.16 Å². The van der Waals surface area contributed by atoms with Gasteiger partial charge in [0.15, 0.2) is 5.58 Å². The van der Waals surface area contributed by atoms with Gasteiger partial charge < -0.3 is 19.7 Å². The summed E-state index contributed by atoms with van der Waals surface area (Å²) in [6, 6.07) is 11.9. The number of hydrogen-bond donors (Lipinski definition) is 1. The SMILES string of the molecule is NC(COc1ccc(Cl)cc1)COc1noc2ccc(Cl)cc12. The van der Waals surface area contributed by atoms with Crippen molar-refractivity contribution in [2.24, 2.45) is 5.73 Å². The summed E-state index contributed by atoms with van der Waals surface area (Å²) in [6.45, 7) is 0.542. The van der Waals surface area contributed by atoms with Gasteiger partial charge in [-0.3, -0.25) is 0 Å². The Morgan fingerprint density at radius 3 is 2.48 bits per heavy atom. The van der Waals surface area contributed by atoms with Gasteiger partial charge in [0, 0.05) is 10.0 Å². The lowest BCUT2D eigenvalue weighted by molar-refractivity contribution is 0.210. The number of nitrogens with two attached hydrogens (primary N) is 1. The zero-order chi connectivity index (χ0) is 16.2. The normalized spacial score (nSPS) is 12.3. The maximum absolute atomic E-state index is 5.98. The third-order valence-electron chi connectivity index (χ3n) is 3.11. The molecular weight excluding hydrogens is 339 g/mol. The number of hydrogen-bond acceptors (Lipinski definition) is 5. The first-order valence-electron chi connectivity index (χ1n) is 6.93. The summed E-state index contributed by atoms with van der Waals surface area (Å²) in [5.74, 6) is 1.06. The Kier molecular flexibility index (Phi) is 4.91. The zero-order valence-electron chi connectivity index (χ0n) is 12.0. The maximum atomic E-state index is 5.98. The van der Waals surface area contributed by atoms with Crippen LogP contribution in [0.3, 0.4) is 0 Å². The van der Waals surface area contributed by atoms with Crippen LogP contribution in [0.4, 0.5) is 0 Å². The van der Waals surface area contributed by atoms with E-state index in [1.165, 1.54) is 0 Å². The molecule has 0 amide bonds. The topological polar surface area (TPSA) is 70.5 Å². The van der Waals surface area contributed by atoms with Gasteiger partial charge in [-0.15, -0.1) is 0 Å². The number of rotatable bonds is 6. The summed E-state index contributed by atoms with van der Waals surface area (Å²) in [5.41, 5.74) is 6.59. The van der Waals surface area contributed by atoms with Crippen LogP contribution >= 0.6 is 23.2 Å². The Balaban J connectivity index is 1.54. The first-order valence-corrected chi connectivity index (χ1v) is 7.69. The van der Waals surface area contributed by atoms with Crippen molar-refractivity contribution in [3.05, 3.63) is 52.5 Å². The average Bonchev–Trinajstić information content (AvgIpc) is 2.94. The summed E-state index contributed by atoms with van der Waals surface area (Å²) in [6.07, 6.45) is 0. The van der Waals surface area contributed by atoms with Gasteiger partial charge in [0.2, 0.25) is 0 Å². The van der Waals surface area contributed by atoms with E-state index in [1.54, 1.807) is 42.5 Å². The molecule has 0 saturated heterocycles. The highest BCUT2D eigenvalue weighted by Crippen LogP contribution is 2.27. The molecule has 1 aromatic heterocycles. The fraction of sp³-hybridized carbons (Fsp3) is 0.188. The quantitative estimate of drug-likeness (QED) is 0.727. The predicted octanol–water partition coefficient (Wildman–Crippen LogP) is 3.92. The van der Waals surface area contributed by atoms with Crippen molar-refractivity contribution in [1.29, 1.82) is 0 Å². The molecule has 0 aliphatic heterocycles. The molecule has 0 radical (unpaired) electrons. The molecule has 1 atom stereocenters. The molecule has 3 aromatic rings. The van der Waals surface area contributed by atoms with Crippen molar-refractivity contribution < 1.29 is 14.0 Å². The summed E-state index contributed by atoms with van der Waals surface area (Å²) < 4.78 is 16.3. The monoisotopic (exact) mass is 352 g/mol. The van der Waals surface area contributed by atoms with Gasteiger partial charge in [0.1, 0.15) is 19.0 Å². The second-order valence-corrected chi connectivity index (χ2v) is 5.84.